The molecule has 0 saturated carbocycles. The van der Waals surface area contributed by atoms with E-state index in [9.17, 15) is 9.59 Å². The summed E-state index contributed by atoms with van der Waals surface area (Å²) in [5.41, 5.74) is 4.64. The van der Waals surface area contributed by atoms with Crippen LogP contribution in [0.1, 0.15) is 31.1 Å². The number of carbonyl (C=O) groups excluding carboxylic acids is 2. The van der Waals surface area contributed by atoms with Crippen LogP contribution >= 0.6 is 27.5 Å². The van der Waals surface area contributed by atoms with Crippen molar-refractivity contribution in [2.75, 3.05) is 0 Å². The number of primary amides is 1. The van der Waals surface area contributed by atoms with Gasteiger partial charge in [0.2, 0.25) is 5.91 Å². The lowest BCUT2D eigenvalue weighted by Crippen LogP contribution is -2.58. The van der Waals surface area contributed by atoms with E-state index in [1.165, 1.54) is 6.07 Å². The van der Waals surface area contributed by atoms with Gasteiger partial charge >= 0.3 is 0 Å². The van der Waals surface area contributed by atoms with Crippen molar-refractivity contribution < 1.29 is 9.59 Å². The molecule has 0 aliphatic carbocycles. The van der Waals surface area contributed by atoms with Crippen LogP contribution in [0.25, 0.3) is 0 Å². The summed E-state index contributed by atoms with van der Waals surface area (Å²) in [5.74, 6) is -1.08. The smallest absolute Gasteiger partial charge is 0.252 e. The van der Waals surface area contributed by atoms with Gasteiger partial charge in [-0.15, -0.1) is 0 Å². The van der Waals surface area contributed by atoms with E-state index in [1.807, 2.05) is 13.8 Å². The molecule has 0 aromatic heterocycles. The van der Waals surface area contributed by atoms with Crippen LogP contribution in [0.4, 0.5) is 0 Å². The number of hydrogen-bond donors (Lipinski definition) is 2. The second kappa shape index (κ2) is 5.92. The summed E-state index contributed by atoms with van der Waals surface area (Å²) in [6.07, 6.45) is 0. The van der Waals surface area contributed by atoms with Crippen LogP contribution in [0.15, 0.2) is 22.7 Å². The molecule has 0 aliphatic rings. The molecule has 3 N–H and O–H groups in total. The van der Waals surface area contributed by atoms with Crippen LogP contribution in [0, 0.1) is 5.92 Å². The molecular weight excluding hydrogens is 332 g/mol. The molecule has 0 aliphatic heterocycles. The van der Waals surface area contributed by atoms with Crippen molar-refractivity contribution in [3.8, 4) is 0 Å². The molecule has 0 bridgehead atoms. The van der Waals surface area contributed by atoms with Crippen molar-refractivity contribution in [1.29, 1.82) is 0 Å². The maximum atomic E-state index is 12.1. The summed E-state index contributed by atoms with van der Waals surface area (Å²) in [6.45, 7) is 5.25. The Bertz CT molecular complexity index is 519. The summed E-state index contributed by atoms with van der Waals surface area (Å²) >= 11 is 9.18. The first-order chi connectivity index (χ1) is 8.68. The second-order valence-corrected chi connectivity index (χ2v) is 6.07. The van der Waals surface area contributed by atoms with Crippen LogP contribution in [0.3, 0.4) is 0 Å². The third-order valence-electron chi connectivity index (χ3n) is 3.22. The first-order valence-corrected chi connectivity index (χ1v) is 6.93. The quantitative estimate of drug-likeness (QED) is 0.879. The zero-order valence-electron chi connectivity index (χ0n) is 11.0. The van der Waals surface area contributed by atoms with E-state index in [0.29, 0.717) is 15.1 Å². The van der Waals surface area contributed by atoms with Gasteiger partial charge in [-0.05, 0) is 47.0 Å². The Kier molecular flexibility index (Phi) is 4.98. The van der Waals surface area contributed by atoms with E-state index in [0.717, 1.165) is 0 Å². The molecule has 6 heteroatoms. The van der Waals surface area contributed by atoms with Gasteiger partial charge in [0, 0.05) is 10.0 Å². The zero-order valence-corrected chi connectivity index (χ0v) is 13.3. The molecule has 0 radical (unpaired) electrons. The zero-order chi connectivity index (χ0) is 14.8. The molecule has 1 unspecified atom stereocenters. The number of nitrogens with two attached hydrogens (primary N) is 1. The number of nitrogens with one attached hydrogen (secondary N) is 1. The van der Waals surface area contributed by atoms with Gasteiger partial charge in [-0.25, -0.2) is 0 Å². The average Bonchev–Trinajstić information content (AvgIpc) is 2.31. The fourth-order valence-corrected chi connectivity index (χ4v) is 1.86. The molecule has 19 heavy (non-hydrogen) atoms. The van der Waals surface area contributed by atoms with Crippen LogP contribution < -0.4 is 11.1 Å². The Hall–Kier alpha value is -1.07. The Morgan fingerprint density at radius 3 is 2.42 bits per heavy atom. The van der Waals surface area contributed by atoms with Gasteiger partial charge in [-0.2, -0.15) is 0 Å². The maximum Gasteiger partial charge on any atom is 0.252 e. The molecule has 0 spiro atoms. The number of hydrogen-bond acceptors (Lipinski definition) is 2. The Morgan fingerprint density at radius 2 is 2.00 bits per heavy atom. The van der Waals surface area contributed by atoms with Crippen LogP contribution in [-0.4, -0.2) is 17.4 Å². The Morgan fingerprint density at radius 1 is 1.42 bits per heavy atom. The van der Waals surface area contributed by atoms with E-state index in [1.54, 1.807) is 19.1 Å². The number of benzene rings is 1. The fraction of sp³-hybridized carbons (Fsp3) is 0.385. The highest BCUT2D eigenvalue weighted by Crippen LogP contribution is 2.24. The van der Waals surface area contributed by atoms with Crippen LogP contribution in [0.5, 0.6) is 0 Å². The normalized spacial score (nSPS) is 14.0. The summed E-state index contributed by atoms with van der Waals surface area (Å²) in [5, 5.41) is 3.10. The molecule has 0 saturated heterocycles. The third-order valence-corrected chi connectivity index (χ3v) is 4.45. The number of halogens is 2. The first-order valence-electron chi connectivity index (χ1n) is 5.76. The fourth-order valence-electron chi connectivity index (χ4n) is 1.44. The van der Waals surface area contributed by atoms with Crippen molar-refractivity contribution in [3.05, 3.63) is 33.3 Å². The minimum Gasteiger partial charge on any atom is -0.368 e. The summed E-state index contributed by atoms with van der Waals surface area (Å²) in [6, 6.07) is 4.82. The molecule has 0 heterocycles. The van der Waals surface area contributed by atoms with Crippen molar-refractivity contribution in [1.82, 2.24) is 5.32 Å². The molecule has 1 aromatic carbocycles. The number of rotatable bonds is 4. The molecule has 1 rings (SSSR count). The number of carbonyl (C=O) groups is 2. The van der Waals surface area contributed by atoms with Crippen molar-refractivity contribution in [3.63, 3.8) is 0 Å². The van der Waals surface area contributed by atoms with Gasteiger partial charge < -0.3 is 11.1 Å². The van der Waals surface area contributed by atoms with Gasteiger partial charge in [-0.1, -0.05) is 25.4 Å². The van der Waals surface area contributed by atoms with Crippen molar-refractivity contribution in [2.45, 2.75) is 26.3 Å². The lowest BCUT2D eigenvalue weighted by molar-refractivity contribution is -0.125. The minimum atomic E-state index is -1.10. The van der Waals surface area contributed by atoms with Gasteiger partial charge in [-0.3, -0.25) is 9.59 Å². The van der Waals surface area contributed by atoms with E-state index < -0.39 is 11.4 Å². The number of amides is 2. The third kappa shape index (κ3) is 3.48. The van der Waals surface area contributed by atoms with E-state index in [4.69, 9.17) is 17.3 Å². The largest absolute Gasteiger partial charge is 0.368 e. The van der Waals surface area contributed by atoms with E-state index in [-0.39, 0.29) is 11.8 Å². The van der Waals surface area contributed by atoms with E-state index >= 15 is 0 Å². The monoisotopic (exact) mass is 346 g/mol. The van der Waals surface area contributed by atoms with Gasteiger partial charge in [0.05, 0.1) is 5.02 Å². The topological polar surface area (TPSA) is 72.2 Å². The van der Waals surface area contributed by atoms with Crippen LogP contribution in [-0.2, 0) is 4.79 Å². The highest BCUT2D eigenvalue weighted by atomic mass is 79.9. The van der Waals surface area contributed by atoms with Crippen LogP contribution in [0.2, 0.25) is 5.02 Å². The molecule has 104 valence electrons. The summed E-state index contributed by atoms with van der Waals surface area (Å²) < 4.78 is 0.701. The minimum absolute atomic E-state index is 0.125. The van der Waals surface area contributed by atoms with E-state index in [2.05, 4.69) is 21.2 Å². The molecular formula is C13H16BrClN2O2. The highest BCUT2D eigenvalue weighted by molar-refractivity contribution is 9.10. The Balaban J connectivity index is 3.01. The molecule has 0 fully saturated rings. The maximum absolute atomic E-state index is 12.1. The van der Waals surface area contributed by atoms with Gasteiger partial charge in [0.1, 0.15) is 5.54 Å². The van der Waals surface area contributed by atoms with Crippen molar-refractivity contribution in [2.24, 2.45) is 11.7 Å². The predicted octanol–water partition coefficient (Wildman–Crippen LogP) is 2.73. The lowest BCUT2D eigenvalue weighted by Gasteiger charge is -2.31. The molecule has 1 aromatic rings. The molecule has 2 amide bonds. The first kappa shape index (κ1) is 16.0. The predicted molar refractivity (Wildman–Crippen MR) is 79.1 cm³/mol. The average molecular weight is 348 g/mol. The van der Waals surface area contributed by atoms with Crippen molar-refractivity contribution >= 4 is 39.3 Å². The standard InChI is InChI=1S/C13H16BrClN2O2/c1-7(2)13(3,12(16)19)17-11(18)8-4-5-9(14)10(15)6-8/h4-7H,1-3H3,(H2,16,19)(H,17,18). The van der Waals surface area contributed by atoms with Gasteiger partial charge in [0.25, 0.3) is 5.91 Å². The second-order valence-electron chi connectivity index (χ2n) is 4.80. The SMILES string of the molecule is CC(C)C(C)(NC(=O)c1ccc(Br)c(Cl)c1)C(N)=O. The Labute approximate surface area is 125 Å². The molecule has 1 atom stereocenters. The lowest BCUT2D eigenvalue weighted by atomic mass is 9.87. The summed E-state index contributed by atoms with van der Waals surface area (Å²) in [4.78, 5) is 23.7. The highest BCUT2D eigenvalue weighted by Gasteiger charge is 2.36. The summed E-state index contributed by atoms with van der Waals surface area (Å²) in [7, 11) is 0. The van der Waals surface area contributed by atoms with Gasteiger partial charge in [0.15, 0.2) is 0 Å². The molecule has 4 nitrogen and oxygen atoms in total.